The minimum absolute atomic E-state index is 0.0775. The SMILES string of the molecule is CC(C)C(C(=O)O)c1ccc(Cl)cc1.CC1CCC(C(=O)O)S1(=O)=O. The van der Waals surface area contributed by atoms with Crippen molar-refractivity contribution in [1.82, 2.24) is 0 Å². The Bertz CT molecular complexity index is 711. The first-order chi connectivity index (χ1) is 11.5. The maximum absolute atomic E-state index is 11.2. The quantitative estimate of drug-likeness (QED) is 0.817. The number of rotatable bonds is 4. The van der Waals surface area contributed by atoms with E-state index in [2.05, 4.69) is 0 Å². The summed E-state index contributed by atoms with van der Waals surface area (Å²) in [5.74, 6) is -2.38. The summed E-state index contributed by atoms with van der Waals surface area (Å²) in [6.45, 7) is 5.35. The van der Waals surface area contributed by atoms with E-state index in [1.807, 2.05) is 13.8 Å². The number of sulfone groups is 1. The Balaban J connectivity index is 0.000000257. The van der Waals surface area contributed by atoms with E-state index in [1.165, 1.54) is 0 Å². The van der Waals surface area contributed by atoms with Gasteiger partial charge in [0.2, 0.25) is 0 Å². The van der Waals surface area contributed by atoms with Gasteiger partial charge in [0.15, 0.2) is 15.1 Å². The van der Waals surface area contributed by atoms with Crippen LogP contribution < -0.4 is 0 Å². The largest absolute Gasteiger partial charge is 0.481 e. The molecule has 0 aromatic heterocycles. The zero-order valence-electron chi connectivity index (χ0n) is 14.3. The van der Waals surface area contributed by atoms with Gasteiger partial charge in [0.25, 0.3) is 0 Å². The highest BCUT2D eigenvalue weighted by Crippen LogP contribution is 2.27. The highest BCUT2D eigenvalue weighted by Gasteiger charge is 2.42. The Kier molecular flexibility index (Phi) is 7.44. The summed E-state index contributed by atoms with van der Waals surface area (Å²) < 4.78 is 22.3. The van der Waals surface area contributed by atoms with E-state index in [4.69, 9.17) is 21.8 Å². The molecule has 0 radical (unpaired) electrons. The molecule has 0 aliphatic carbocycles. The van der Waals surface area contributed by atoms with Crippen LogP contribution in [0.3, 0.4) is 0 Å². The maximum atomic E-state index is 11.2. The third-order valence-electron chi connectivity index (χ3n) is 4.23. The lowest BCUT2D eigenvalue weighted by Gasteiger charge is -2.16. The number of hydrogen-bond acceptors (Lipinski definition) is 4. The summed E-state index contributed by atoms with van der Waals surface area (Å²) in [5.41, 5.74) is 0.803. The lowest BCUT2D eigenvalue weighted by molar-refractivity contribution is -0.140. The van der Waals surface area contributed by atoms with Crippen LogP contribution in [0.15, 0.2) is 24.3 Å². The van der Waals surface area contributed by atoms with E-state index < -0.39 is 38.2 Å². The van der Waals surface area contributed by atoms with Crippen molar-refractivity contribution in [2.45, 2.75) is 50.0 Å². The highest BCUT2D eigenvalue weighted by atomic mass is 35.5. The number of aliphatic carboxylic acids is 2. The van der Waals surface area contributed by atoms with Crippen LogP contribution in [0, 0.1) is 5.92 Å². The molecule has 3 atom stereocenters. The van der Waals surface area contributed by atoms with Crippen LogP contribution in [0.5, 0.6) is 0 Å². The van der Waals surface area contributed by atoms with E-state index >= 15 is 0 Å². The van der Waals surface area contributed by atoms with E-state index in [0.29, 0.717) is 11.4 Å². The molecule has 6 nitrogen and oxygen atoms in total. The molecule has 0 spiro atoms. The van der Waals surface area contributed by atoms with Gasteiger partial charge in [-0.3, -0.25) is 9.59 Å². The first-order valence-corrected chi connectivity index (χ1v) is 9.91. The van der Waals surface area contributed by atoms with Crippen LogP contribution in [-0.4, -0.2) is 41.1 Å². The smallest absolute Gasteiger partial charge is 0.321 e. The second kappa shape index (κ2) is 8.67. The van der Waals surface area contributed by atoms with Crippen molar-refractivity contribution in [2.75, 3.05) is 0 Å². The Hall–Kier alpha value is -1.60. The summed E-state index contributed by atoms with van der Waals surface area (Å²) in [6, 6.07) is 6.96. The van der Waals surface area contributed by atoms with Crippen LogP contribution >= 0.6 is 11.6 Å². The molecule has 1 aliphatic rings. The molecule has 0 saturated carbocycles. The van der Waals surface area contributed by atoms with Gasteiger partial charge < -0.3 is 10.2 Å². The van der Waals surface area contributed by atoms with Crippen molar-refractivity contribution in [3.05, 3.63) is 34.9 Å². The van der Waals surface area contributed by atoms with Crippen molar-refractivity contribution in [2.24, 2.45) is 5.92 Å². The number of hydrogen-bond donors (Lipinski definition) is 2. The minimum atomic E-state index is -3.36. The molecular weight excluding hydrogens is 368 g/mol. The molecule has 140 valence electrons. The Morgan fingerprint density at radius 1 is 1.12 bits per heavy atom. The third-order valence-corrected chi connectivity index (χ3v) is 7.07. The topological polar surface area (TPSA) is 109 Å². The number of carboxylic acids is 2. The normalized spacial score (nSPS) is 22.8. The number of carbonyl (C=O) groups is 2. The fraction of sp³-hybridized carbons (Fsp3) is 0.529. The van der Waals surface area contributed by atoms with Crippen molar-refractivity contribution in [3.63, 3.8) is 0 Å². The molecular formula is C17H23ClO6S. The molecule has 2 N–H and O–H groups in total. The van der Waals surface area contributed by atoms with Crippen LogP contribution in [0.25, 0.3) is 0 Å². The molecule has 1 heterocycles. The van der Waals surface area contributed by atoms with E-state index in [9.17, 15) is 18.0 Å². The van der Waals surface area contributed by atoms with Gasteiger partial charge in [0.05, 0.1) is 11.2 Å². The molecule has 0 amide bonds. The molecule has 1 saturated heterocycles. The number of carboxylic acid groups (broad SMARTS) is 2. The first-order valence-electron chi connectivity index (χ1n) is 7.92. The summed E-state index contributed by atoms with van der Waals surface area (Å²) in [7, 11) is -3.36. The summed E-state index contributed by atoms with van der Waals surface area (Å²) >= 11 is 5.73. The van der Waals surface area contributed by atoms with Crippen LogP contribution in [0.2, 0.25) is 5.02 Å². The van der Waals surface area contributed by atoms with Crippen LogP contribution in [0.4, 0.5) is 0 Å². The molecule has 1 aliphatic heterocycles. The number of halogens is 1. The van der Waals surface area contributed by atoms with Crippen molar-refractivity contribution >= 4 is 33.4 Å². The van der Waals surface area contributed by atoms with Gasteiger partial charge in [-0.25, -0.2) is 8.42 Å². The molecule has 1 fully saturated rings. The number of benzene rings is 1. The van der Waals surface area contributed by atoms with Crippen molar-refractivity contribution in [3.8, 4) is 0 Å². The Morgan fingerprint density at radius 3 is 1.92 bits per heavy atom. The highest BCUT2D eigenvalue weighted by molar-refractivity contribution is 7.93. The van der Waals surface area contributed by atoms with Crippen LogP contribution in [-0.2, 0) is 19.4 Å². The van der Waals surface area contributed by atoms with Gasteiger partial charge in [-0.15, -0.1) is 0 Å². The van der Waals surface area contributed by atoms with E-state index in [-0.39, 0.29) is 12.3 Å². The fourth-order valence-electron chi connectivity index (χ4n) is 2.74. The monoisotopic (exact) mass is 390 g/mol. The molecule has 1 aromatic rings. The molecule has 8 heteroatoms. The molecule has 25 heavy (non-hydrogen) atoms. The average molecular weight is 391 g/mol. The average Bonchev–Trinajstić information content (AvgIpc) is 2.75. The Morgan fingerprint density at radius 2 is 1.64 bits per heavy atom. The molecule has 3 unspecified atom stereocenters. The van der Waals surface area contributed by atoms with Gasteiger partial charge in [-0.2, -0.15) is 0 Å². The molecule has 0 bridgehead atoms. The fourth-order valence-corrected chi connectivity index (χ4v) is 4.64. The van der Waals surface area contributed by atoms with Crippen molar-refractivity contribution in [1.29, 1.82) is 0 Å². The summed E-state index contributed by atoms with van der Waals surface area (Å²) in [5, 5.41) is 16.5. The summed E-state index contributed by atoms with van der Waals surface area (Å²) in [4.78, 5) is 21.4. The lowest BCUT2D eigenvalue weighted by atomic mass is 9.89. The third kappa shape index (κ3) is 5.44. The van der Waals surface area contributed by atoms with Gasteiger partial charge in [0, 0.05) is 5.02 Å². The van der Waals surface area contributed by atoms with Gasteiger partial charge in [-0.1, -0.05) is 37.6 Å². The maximum Gasteiger partial charge on any atom is 0.321 e. The Labute approximate surface area is 152 Å². The first kappa shape index (κ1) is 21.4. The van der Waals surface area contributed by atoms with Crippen molar-refractivity contribution < 1.29 is 28.2 Å². The lowest BCUT2D eigenvalue weighted by Crippen LogP contribution is -2.28. The molecule has 1 aromatic carbocycles. The van der Waals surface area contributed by atoms with Gasteiger partial charge in [-0.05, 0) is 43.4 Å². The molecule has 2 rings (SSSR count). The van der Waals surface area contributed by atoms with Crippen LogP contribution in [0.1, 0.15) is 45.1 Å². The predicted octanol–water partition coefficient (Wildman–Crippen LogP) is 3.20. The van der Waals surface area contributed by atoms with Gasteiger partial charge in [0.1, 0.15) is 0 Å². The second-order valence-electron chi connectivity index (χ2n) is 6.42. The summed E-state index contributed by atoms with van der Waals surface area (Å²) in [6.07, 6.45) is 0.734. The second-order valence-corrected chi connectivity index (χ2v) is 9.40. The zero-order valence-corrected chi connectivity index (χ0v) is 15.9. The van der Waals surface area contributed by atoms with E-state index in [0.717, 1.165) is 5.56 Å². The zero-order chi connectivity index (χ0) is 19.4. The van der Waals surface area contributed by atoms with Gasteiger partial charge >= 0.3 is 11.9 Å². The van der Waals surface area contributed by atoms with E-state index in [1.54, 1.807) is 31.2 Å². The predicted molar refractivity (Wildman–Crippen MR) is 95.7 cm³/mol. The minimum Gasteiger partial charge on any atom is -0.481 e. The standard InChI is InChI=1S/C11H13ClO2.C6H10O4S/c1-7(2)10(11(13)14)8-3-5-9(12)6-4-8;1-4-2-3-5(6(7)8)11(4,9)10/h3-7,10H,1-2H3,(H,13,14);4-5H,2-3H2,1H3,(H,7,8).